The molecule has 1 aliphatic rings. The lowest BCUT2D eigenvalue weighted by Gasteiger charge is -2.28. The average molecular weight is 424 g/mol. The van der Waals surface area contributed by atoms with Gasteiger partial charge >= 0.3 is 5.97 Å². The number of benzene rings is 2. The van der Waals surface area contributed by atoms with E-state index >= 15 is 0 Å². The second-order valence-electron chi connectivity index (χ2n) is 7.08. The molecule has 0 amide bonds. The number of hydrogen-bond acceptors (Lipinski definition) is 8. The van der Waals surface area contributed by atoms with Crippen molar-refractivity contribution in [2.24, 2.45) is 0 Å². The molecule has 3 aromatic rings. The van der Waals surface area contributed by atoms with E-state index in [1.807, 2.05) is 4.90 Å². The molecule has 1 aromatic heterocycles. The molecule has 1 unspecified atom stereocenters. The van der Waals surface area contributed by atoms with Crippen molar-refractivity contribution in [3.8, 4) is 0 Å². The maximum Gasteiger partial charge on any atom is 0.339 e. The standard InChI is InChI=1S/C21H20N4O6/c1-13(19-22-16-5-3-2-4-15(16)20(26)23-19)31-21(27)14-6-7-17(18(12-14)25(28)29)24-8-10-30-11-9-24/h2-7,12-13H,8-11H2,1H3,(H,22,23,26). The Balaban J connectivity index is 1.57. The molecule has 1 N–H and O–H groups in total. The van der Waals surface area contributed by atoms with Crippen molar-refractivity contribution in [1.82, 2.24) is 9.97 Å². The summed E-state index contributed by atoms with van der Waals surface area (Å²) in [6.45, 7) is 3.59. The zero-order valence-electron chi connectivity index (χ0n) is 16.7. The normalized spacial score (nSPS) is 14.9. The van der Waals surface area contributed by atoms with Gasteiger partial charge in [0.1, 0.15) is 5.69 Å². The fraction of sp³-hybridized carbons (Fsp3) is 0.286. The Kier molecular flexibility index (Phi) is 5.63. The molecule has 0 radical (unpaired) electrons. The van der Waals surface area contributed by atoms with E-state index in [0.29, 0.717) is 42.9 Å². The molecule has 2 aromatic carbocycles. The third kappa shape index (κ3) is 4.24. The molecule has 2 heterocycles. The van der Waals surface area contributed by atoms with Gasteiger partial charge in [0.15, 0.2) is 11.9 Å². The van der Waals surface area contributed by atoms with Crippen LogP contribution in [0, 0.1) is 10.1 Å². The summed E-state index contributed by atoms with van der Waals surface area (Å²) in [5, 5.41) is 12.0. The molecule has 160 valence electrons. The Labute approximate surface area is 176 Å². The smallest absolute Gasteiger partial charge is 0.339 e. The Morgan fingerprint density at radius 1 is 1.26 bits per heavy atom. The highest BCUT2D eigenvalue weighted by molar-refractivity contribution is 5.91. The molecule has 0 spiro atoms. The second kappa shape index (κ2) is 8.52. The zero-order chi connectivity index (χ0) is 22.0. The molecular weight excluding hydrogens is 404 g/mol. The van der Waals surface area contributed by atoms with Gasteiger partial charge in [0.2, 0.25) is 0 Å². The number of aromatic nitrogens is 2. The number of aromatic amines is 1. The molecular formula is C21H20N4O6. The van der Waals surface area contributed by atoms with E-state index < -0.39 is 17.0 Å². The van der Waals surface area contributed by atoms with Crippen LogP contribution in [0.15, 0.2) is 47.3 Å². The minimum atomic E-state index is -0.859. The van der Waals surface area contributed by atoms with E-state index in [1.54, 1.807) is 37.3 Å². The number of carbonyl (C=O) groups excluding carboxylic acids is 1. The van der Waals surface area contributed by atoms with Crippen molar-refractivity contribution >= 4 is 28.2 Å². The van der Waals surface area contributed by atoms with E-state index in [4.69, 9.17) is 9.47 Å². The largest absolute Gasteiger partial charge is 0.451 e. The zero-order valence-corrected chi connectivity index (χ0v) is 16.7. The summed E-state index contributed by atoms with van der Waals surface area (Å²) in [5.41, 5.74) is 0.432. The molecule has 1 fully saturated rings. The SMILES string of the molecule is CC(OC(=O)c1ccc(N2CCOCC2)c([N+](=O)[O-])c1)c1nc2ccccc2c(=O)[nH]1. The van der Waals surface area contributed by atoms with Crippen LogP contribution < -0.4 is 10.5 Å². The first kappa shape index (κ1) is 20.5. The summed E-state index contributed by atoms with van der Waals surface area (Å²) in [7, 11) is 0. The molecule has 0 aliphatic carbocycles. The van der Waals surface area contributed by atoms with Crippen molar-refractivity contribution in [2.75, 3.05) is 31.2 Å². The number of rotatable bonds is 5. The maximum absolute atomic E-state index is 12.6. The number of para-hydroxylation sites is 1. The number of anilines is 1. The molecule has 0 saturated carbocycles. The van der Waals surface area contributed by atoms with Crippen LogP contribution in [0.5, 0.6) is 0 Å². The van der Waals surface area contributed by atoms with Gasteiger partial charge in [-0.1, -0.05) is 12.1 Å². The Bertz CT molecular complexity index is 1200. The highest BCUT2D eigenvalue weighted by Crippen LogP contribution is 2.30. The third-order valence-corrected chi connectivity index (χ3v) is 5.06. The van der Waals surface area contributed by atoms with E-state index in [9.17, 15) is 19.7 Å². The molecule has 1 atom stereocenters. The highest BCUT2D eigenvalue weighted by atomic mass is 16.6. The number of nitro groups is 1. The minimum Gasteiger partial charge on any atom is -0.451 e. The lowest BCUT2D eigenvalue weighted by atomic mass is 10.1. The van der Waals surface area contributed by atoms with E-state index in [-0.39, 0.29) is 22.6 Å². The number of nitrogens with zero attached hydrogens (tertiary/aromatic N) is 3. The predicted octanol–water partition coefficient (Wildman–Crippen LogP) is 2.59. The van der Waals surface area contributed by atoms with Gasteiger partial charge in [-0.05, 0) is 31.2 Å². The van der Waals surface area contributed by atoms with E-state index in [2.05, 4.69) is 9.97 Å². The number of ether oxygens (including phenoxy) is 2. The molecule has 0 bridgehead atoms. The van der Waals surface area contributed by atoms with Crippen LogP contribution in [0.4, 0.5) is 11.4 Å². The lowest BCUT2D eigenvalue weighted by Crippen LogP contribution is -2.36. The number of nitro benzene ring substituents is 1. The molecule has 4 rings (SSSR count). The quantitative estimate of drug-likeness (QED) is 0.376. The van der Waals surface area contributed by atoms with Gasteiger partial charge in [-0.3, -0.25) is 14.9 Å². The summed E-state index contributed by atoms with van der Waals surface area (Å²) in [5.74, 6) is -0.559. The molecule has 1 aliphatic heterocycles. The number of esters is 1. The van der Waals surface area contributed by atoms with Gasteiger partial charge in [-0.2, -0.15) is 0 Å². The van der Waals surface area contributed by atoms with E-state index in [0.717, 1.165) is 0 Å². The van der Waals surface area contributed by atoms with Crippen LogP contribution in [0.3, 0.4) is 0 Å². The lowest BCUT2D eigenvalue weighted by molar-refractivity contribution is -0.384. The van der Waals surface area contributed by atoms with Crippen LogP contribution in [0.1, 0.15) is 29.2 Å². The summed E-state index contributed by atoms with van der Waals surface area (Å²) < 4.78 is 10.7. The van der Waals surface area contributed by atoms with Crippen molar-refractivity contribution in [1.29, 1.82) is 0 Å². The highest BCUT2D eigenvalue weighted by Gasteiger charge is 2.25. The van der Waals surface area contributed by atoms with Gasteiger partial charge in [0.05, 0.1) is 34.6 Å². The van der Waals surface area contributed by atoms with Crippen molar-refractivity contribution in [3.05, 3.63) is 74.3 Å². The number of nitrogens with one attached hydrogen (secondary N) is 1. The first-order chi connectivity index (χ1) is 14.9. The molecule has 10 nitrogen and oxygen atoms in total. The second-order valence-corrected chi connectivity index (χ2v) is 7.08. The average Bonchev–Trinajstić information content (AvgIpc) is 2.79. The summed E-state index contributed by atoms with van der Waals surface area (Å²) >= 11 is 0. The molecule has 1 saturated heterocycles. The number of H-pyrrole nitrogens is 1. The first-order valence-electron chi connectivity index (χ1n) is 9.75. The first-order valence-corrected chi connectivity index (χ1v) is 9.75. The molecule has 31 heavy (non-hydrogen) atoms. The van der Waals surface area contributed by atoms with Gasteiger partial charge in [-0.25, -0.2) is 9.78 Å². The Morgan fingerprint density at radius 3 is 2.74 bits per heavy atom. The number of hydrogen-bond donors (Lipinski definition) is 1. The maximum atomic E-state index is 12.6. The van der Waals surface area contributed by atoms with Gasteiger partial charge in [0.25, 0.3) is 11.2 Å². The summed E-state index contributed by atoms with van der Waals surface area (Å²) in [6.07, 6.45) is -0.859. The van der Waals surface area contributed by atoms with Crippen LogP contribution in [0.25, 0.3) is 10.9 Å². The van der Waals surface area contributed by atoms with Gasteiger partial charge < -0.3 is 19.4 Å². The van der Waals surface area contributed by atoms with Crippen molar-refractivity contribution in [2.45, 2.75) is 13.0 Å². The van der Waals surface area contributed by atoms with Crippen molar-refractivity contribution in [3.63, 3.8) is 0 Å². The van der Waals surface area contributed by atoms with Crippen LogP contribution >= 0.6 is 0 Å². The van der Waals surface area contributed by atoms with E-state index in [1.165, 1.54) is 12.1 Å². The van der Waals surface area contributed by atoms with Gasteiger partial charge in [0, 0.05) is 19.2 Å². The monoisotopic (exact) mass is 424 g/mol. The minimum absolute atomic E-state index is 0.0405. The van der Waals surface area contributed by atoms with Gasteiger partial charge in [-0.15, -0.1) is 0 Å². The predicted molar refractivity (Wildman–Crippen MR) is 112 cm³/mol. The fourth-order valence-electron chi connectivity index (χ4n) is 3.45. The number of morpholine rings is 1. The number of carbonyl (C=O) groups is 1. The van der Waals surface area contributed by atoms with Crippen LogP contribution in [0.2, 0.25) is 0 Å². The Morgan fingerprint density at radius 2 is 2.00 bits per heavy atom. The van der Waals surface area contributed by atoms with Crippen LogP contribution in [-0.2, 0) is 9.47 Å². The number of fused-ring (bicyclic) bond motifs is 1. The topological polar surface area (TPSA) is 128 Å². The van der Waals surface area contributed by atoms with Crippen molar-refractivity contribution < 1.29 is 19.2 Å². The third-order valence-electron chi connectivity index (χ3n) is 5.06. The summed E-state index contributed by atoms with van der Waals surface area (Å²) in [6, 6.07) is 11.1. The van der Waals surface area contributed by atoms with Crippen LogP contribution in [-0.4, -0.2) is 47.2 Å². The molecule has 10 heteroatoms. The Hall–Kier alpha value is -3.79. The summed E-state index contributed by atoms with van der Waals surface area (Å²) in [4.78, 5) is 44.8. The fourth-order valence-corrected chi connectivity index (χ4v) is 3.45.